The Bertz CT molecular complexity index is 631. The molecule has 1 fully saturated rings. The lowest BCUT2D eigenvalue weighted by atomic mass is 10.1. The quantitative estimate of drug-likeness (QED) is 0.808. The van der Waals surface area contributed by atoms with Crippen molar-refractivity contribution in [3.05, 3.63) is 29.8 Å². The van der Waals surface area contributed by atoms with E-state index >= 15 is 0 Å². The molecule has 1 aliphatic rings. The molecule has 1 heterocycles. The normalized spacial score (nSPS) is 17.6. The lowest BCUT2D eigenvalue weighted by Gasteiger charge is -2.25. The van der Waals surface area contributed by atoms with Crippen LogP contribution in [0.4, 0.5) is 0 Å². The van der Waals surface area contributed by atoms with Gasteiger partial charge in [0.05, 0.1) is 12.9 Å². The summed E-state index contributed by atoms with van der Waals surface area (Å²) in [6.07, 6.45) is 2.50. The summed E-state index contributed by atoms with van der Waals surface area (Å²) in [6, 6.07) is 7.71. The predicted octanol–water partition coefficient (Wildman–Crippen LogP) is 1.17. The van der Waals surface area contributed by atoms with E-state index in [4.69, 9.17) is 4.74 Å². The van der Waals surface area contributed by atoms with Gasteiger partial charge in [-0.05, 0) is 37.0 Å². The van der Waals surface area contributed by atoms with Gasteiger partial charge >= 0.3 is 0 Å². The standard InChI is InChI=1S/C16H24N2O4S/c1-22-15-6-4-5-14(13-15)7-9-17-16(19)8-11-18-10-2-3-12-23(18,20)21/h4-6,13H,2-3,7-12H2,1H3,(H,17,19). The van der Waals surface area contributed by atoms with Crippen molar-refractivity contribution in [3.8, 4) is 5.75 Å². The Kier molecular flexibility index (Phi) is 6.41. The number of ether oxygens (including phenoxy) is 1. The van der Waals surface area contributed by atoms with E-state index in [2.05, 4.69) is 5.32 Å². The van der Waals surface area contributed by atoms with Crippen LogP contribution in [0.5, 0.6) is 5.75 Å². The molecule has 7 heteroatoms. The number of carbonyl (C=O) groups is 1. The van der Waals surface area contributed by atoms with Gasteiger partial charge < -0.3 is 10.1 Å². The summed E-state index contributed by atoms with van der Waals surface area (Å²) in [5.41, 5.74) is 1.09. The van der Waals surface area contributed by atoms with Gasteiger partial charge in [-0.3, -0.25) is 4.79 Å². The largest absolute Gasteiger partial charge is 0.497 e. The van der Waals surface area contributed by atoms with Crippen LogP contribution in [0.25, 0.3) is 0 Å². The number of amides is 1. The van der Waals surface area contributed by atoms with Crippen LogP contribution in [0.2, 0.25) is 0 Å². The molecule has 0 spiro atoms. The van der Waals surface area contributed by atoms with E-state index in [1.54, 1.807) is 7.11 Å². The third kappa shape index (κ3) is 5.51. The van der Waals surface area contributed by atoms with E-state index in [-0.39, 0.29) is 24.6 Å². The molecule has 0 saturated carbocycles. The number of benzene rings is 1. The summed E-state index contributed by atoms with van der Waals surface area (Å²) < 4.78 is 30.3. The molecule has 0 atom stereocenters. The molecule has 2 rings (SSSR count). The fourth-order valence-corrected chi connectivity index (χ4v) is 4.18. The number of methoxy groups -OCH3 is 1. The van der Waals surface area contributed by atoms with Gasteiger partial charge in [0.25, 0.3) is 0 Å². The van der Waals surface area contributed by atoms with Crippen LogP contribution in [0.1, 0.15) is 24.8 Å². The van der Waals surface area contributed by atoms with Crippen molar-refractivity contribution in [1.82, 2.24) is 9.62 Å². The molecular formula is C16H24N2O4S. The summed E-state index contributed by atoms with van der Waals surface area (Å²) >= 11 is 0. The molecule has 1 amide bonds. The fourth-order valence-electron chi connectivity index (χ4n) is 2.58. The van der Waals surface area contributed by atoms with E-state index in [1.165, 1.54) is 4.31 Å². The Balaban J connectivity index is 1.70. The van der Waals surface area contributed by atoms with Gasteiger partial charge in [-0.15, -0.1) is 0 Å². The second kappa shape index (κ2) is 8.31. The summed E-state index contributed by atoms with van der Waals surface area (Å²) in [5.74, 6) is 0.877. The molecule has 1 aromatic carbocycles. The Morgan fingerprint density at radius 2 is 2.17 bits per heavy atom. The van der Waals surface area contributed by atoms with E-state index < -0.39 is 10.0 Å². The van der Waals surface area contributed by atoms with Crippen molar-refractivity contribution in [1.29, 1.82) is 0 Å². The van der Waals surface area contributed by atoms with Crippen molar-refractivity contribution in [2.75, 3.05) is 32.5 Å². The van der Waals surface area contributed by atoms with Crippen LogP contribution >= 0.6 is 0 Å². The molecule has 1 aromatic rings. The minimum Gasteiger partial charge on any atom is -0.497 e. The van der Waals surface area contributed by atoms with Gasteiger partial charge in [-0.1, -0.05) is 12.1 Å². The predicted molar refractivity (Wildman–Crippen MR) is 88.9 cm³/mol. The number of hydrogen-bond donors (Lipinski definition) is 1. The zero-order chi connectivity index (χ0) is 16.7. The summed E-state index contributed by atoms with van der Waals surface area (Å²) in [6.45, 7) is 1.32. The highest BCUT2D eigenvalue weighted by Crippen LogP contribution is 2.14. The van der Waals surface area contributed by atoms with Gasteiger partial charge in [-0.25, -0.2) is 12.7 Å². The molecule has 0 aliphatic carbocycles. The molecule has 0 aromatic heterocycles. The van der Waals surface area contributed by atoms with Crippen LogP contribution in [0.15, 0.2) is 24.3 Å². The first-order chi connectivity index (χ1) is 11.0. The highest BCUT2D eigenvalue weighted by Gasteiger charge is 2.25. The molecule has 0 bridgehead atoms. The summed E-state index contributed by atoms with van der Waals surface area (Å²) in [4.78, 5) is 11.9. The van der Waals surface area contributed by atoms with Gasteiger partial charge in [0, 0.05) is 26.1 Å². The SMILES string of the molecule is COc1cccc(CCNC(=O)CCN2CCCCS2(=O)=O)c1. The van der Waals surface area contributed by atoms with Gasteiger partial charge in [0.1, 0.15) is 5.75 Å². The maximum absolute atomic E-state index is 11.9. The molecule has 23 heavy (non-hydrogen) atoms. The summed E-state index contributed by atoms with van der Waals surface area (Å²) in [5, 5.41) is 2.83. The highest BCUT2D eigenvalue weighted by molar-refractivity contribution is 7.89. The van der Waals surface area contributed by atoms with Crippen molar-refractivity contribution in [3.63, 3.8) is 0 Å². The van der Waals surface area contributed by atoms with E-state index in [0.29, 0.717) is 25.9 Å². The number of carbonyl (C=O) groups excluding carboxylic acids is 1. The lowest BCUT2D eigenvalue weighted by molar-refractivity contribution is -0.121. The van der Waals surface area contributed by atoms with Crippen LogP contribution in [0.3, 0.4) is 0 Å². The van der Waals surface area contributed by atoms with Crippen LogP contribution in [-0.4, -0.2) is 51.1 Å². The van der Waals surface area contributed by atoms with Gasteiger partial charge in [0.2, 0.25) is 15.9 Å². The monoisotopic (exact) mass is 340 g/mol. The minimum atomic E-state index is -3.15. The van der Waals surface area contributed by atoms with Crippen molar-refractivity contribution in [2.45, 2.75) is 25.7 Å². The van der Waals surface area contributed by atoms with Crippen LogP contribution < -0.4 is 10.1 Å². The first-order valence-corrected chi connectivity index (χ1v) is 9.49. The van der Waals surface area contributed by atoms with Crippen LogP contribution in [-0.2, 0) is 21.2 Å². The van der Waals surface area contributed by atoms with E-state index in [1.807, 2.05) is 24.3 Å². The molecule has 1 N–H and O–H groups in total. The van der Waals surface area contributed by atoms with E-state index in [0.717, 1.165) is 17.7 Å². The van der Waals surface area contributed by atoms with Crippen LogP contribution in [0, 0.1) is 0 Å². The third-order valence-electron chi connectivity index (χ3n) is 3.91. The minimum absolute atomic E-state index is 0.117. The first kappa shape index (κ1) is 17.7. The zero-order valence-electron chi connectivity index (χ0n) is 13.5. The molecule has 0 radical (unpaired) electrons. The maximum atomic E-state index is 11.9. The van der Waals surface area contributed by atoms with Gasteiger partial charge in [0.15, 0.2) is 0 Å². The Morgan fingerprint density at radius 1 is 1.35 bits per heavy atom. The zero-order valence-corrected chi connectivity index (χ0v) is 14.3. The van der Waals surface area contributed by atoms with Crippen molar-refractivity contribution >= 4 is 15.9 Å². The first-order valence-electron chi connectivity index (χ1n) is 7.89. The van der Waals surface area contributed by atoms with Crippen molar-refractivity contribution in [2.24, 2.45) is 0 Å². The number of hydrogen-bond acceptors (Lipinski definition) is 4. The molecule has 0 unspecified atom stereocenters. The molecule has 6 nitrogen and oxygen atoms in total. The van der Waals surface area contributed by atoms with Gasteiger partial charge in [-0.2, -0.15) is 0 Å². The number of nitrogens with zero attached hydrogens (tertiary/aromatic N) is 1. The second-order valence-electron chi connectivity index (χ2n) is 5.62. The number of sulfonamides is 1. The molecule has 1 aliphatic heterocycles. The Hall–Kier alpha value is -1.60. The van der Waals surface area contributed by atoms with E-state index in [9.17, 15) is 13.2 Å². The average molecular weight is 340 g/mol. The topological polar surface area (TPSA) is 75.7 Å². The average Bonchev–Trinajstić information content (AvgIpc) is 2.53. The Labute approximate surface area is 137 Å². The second-order valence-corrected chi connectivity index (χ2v) is 7.71. The summed E-state index contributed by atoms with van der Waals surface area (Å²) in [7, 11) is -1.53. The number of rotatable bonds is 7. The highest BCUT2D eigenvalue weighted by atomic mass is 32.2. The third-order valence-corrected chi connectivity index (χ3v) is 5.87. The fraction of sp³-hybridized carbons (Fsp3) is 0.562. The molecule has 128 valence electrons. The van der Waals surface area contributed by atoms with Crippen molar-refractivity contribution < 1.29 is 17.9 Å². The maximum Gasteiger partial charge on any atom is 0.221 e. The lowest BCUT2D eigenvalue weighted by Crippen LogP contribution is -2.40. The number of nitrogens with one attached hydrogen (secondary N) is 1. The molecular weight excluding hydrogens is 316 g/mol. The molecule has 1 saturated heterocycles. The smallest absolute Gasteiger partial charge is 0.221 e. The Morgan fingerprint density at radius 3 is 2.91 bits per heavy atom.